The van der Waals surface area contributed by atoms with Crippen molar-refractivity contribution in [2.45, 2.75) is 37.7 Å². The van der Waals surface area contributed by atoms with Gasteiger partial charge < -0.3 is 13.9 Å². The van der Waals surface area contributed by atoms with E-state index in [1.54, 1.807) is 14.2 Å². The number of Topliss-reactive ketones (excluding diaryl/α,β-unsaturated/α-hetero) is 1. The first-order chi connectivity index (χ1) is 13.4. The normalized spacial score (nSPS) is 21.7. The van der Waals surface area contributed by atoms with E-state index in [0.29, 0.717) is 18.3 Å². The zero-order chi connectivity index (χ0) is 20.3. The van der Waals surface area contributed by atoms with Gasteiger partial charge in [0.05, 0.1) is 11.2 Å². The fourth-order valence-electron chi connectivity index (χ4n) is 4.00. The number of ether oxygens (including phenoxy) is 2. The Morgan fingerprint density at radius 3 is 2.68 bits per heavy atom. The van der Waals surface area contributed by atoms with Gasteiger partial charge in [0, 0.05) is 30.6 Å². The molecule has 1 aromatic heterocycles. The van der Waals surface area contributed by atoms with Gasteiger partial charge in [0.15, 0.2) is 0 Å². The Labute approximate surface area is 175 Å². The average molecular weight is 422 g/mol. The molecule has 1 aromatic rings. The van der Waals surface area contributed by atoms with Gasteiger partial charge in [-0.05, 0) is 43.6 Å². The van der Waals surface area contributed by atoms with E-state index >= 15 is 0 Å². The fourth-order valence-corrected chi connectivity index (χ4v) is 7.41. The summed E-state index contributed by atoms with van der Waals surface area (Å²) in [6, 6.07) is 0. The molecule has 0 bridgehead atoms. The SMILES string of the molecule is COCC#CC(=O)C[C@H](C)[C@H]1CC2(SCCS2)C(C)=C1c1nc(C)c(OC)o1. The van der Waals surface area contributed by atoms with Crippen molar-refractivity contribution in [2.75, 3.05) is 32.3 Å². The van der Waals surface area contributed by atoms with Crippen molar-refractivity contribution < 1.29 is 18.7 Å². The third kappa shape index (κ3) is 4.14. The zero-order valence-corrected chi connectivity index (χ0v) is 18.7. The van der Waals surface area contributed by atoms with Gasteiger partial charge in [-0.3, -0.25) is 4.79 Å². The number of rotatable bonds is 6. The van der Waals surface area contributed by atoms with Gasteiger partial charge in [-0.2, -0.15) is 0 Å². The monoisotopic (exact) mass is 421 g/mol. The number of nitrogens with zero attached hydrogens (tertiary/aromatic N) is 1. The van der Waals surface area contributed by atoms with Crippen LogP contribution in [0.3, 0.4) is 0 Å². The number of carbonyl (C=O) groups excluding carboxylic acids is 1. The Morgan fingerprint density at radius 1 is 1.36 bits per heavy atom. The number of hydrogen-bond donors (Lipinski definition) is 0. The molecular weight excluding hydrogens is 394 g/mol. The highest BCUT2D eigenvalue weighted by Gasteiger charge is 2.50. The van der Waals surface area contributed by atoms with Crippen LogP contribution in [0, 0.1) is 30.6 Å². The van der Waals surface area contributed by atoms with Crippen LogP contribution in [0.25, 0.3) is 5.57 Å². The van der Waals surface area contributed by atoms with Gasteiger partial charge in [-0.1, -0.05) is 12.8 Å². The number of oxazole rings is 1. The molecule has 28 heavy (non-hydrogen) atoms. The molecule has 1 fully saturated rings. The molecule has 3 rings (SSSR count). The van der Waals surface area contributed by atoms with Crippen LogP contribution in [0.5, 0.6) is 5.95 Å². The van der Waals surface area contributed by atoms with Crippen LogP contribution < -0.4 is 4.74 Å². The maximum Gasteiger partial charge on any atom is 0.308 e. The lowest BCUT2D eigenvalue weighted by atomic mass is 9.84. The second kappa shape index (κ2) is 8.98. The molecule has 1 aliphatic heterocycles. The third-order valence-corrected chi connectivity index (χ3v) is 9.06. The van der Waals surface area contributed by atoms with Crippen LogP contribution in [-0.4, -0.2) is 47.2 Å². The van der Waals surface area contributed by atoms with Gasteiger partial charge in [0.2, 0.25) is 11.7 Å². The molecule has 0 radical (unpaired) electrons. The van der Waals surface area contributed by atoms with Crippen LogP contribution in [0.4, 0.5) is 0 Å². The Bertz CT molecular complexity index is 827. The zero-order valence-electron chi connectivity index (χ0n) is 17.1. The lowest BCUT2D eigenvalue weighted by Gasteiger charge is -2.25. The molecule has 2 aliphatic rings. The highest BCUT2D eigenvalue weighted by molar-refractivity contribution is 8.21. The van der Waals surface area contributed by atoms with E-state index in [1.807, 2.05) is 30.4 Å². The first-order valence-corrected chi connectivity index (χ1v) is 11.4. The van der Waals surface area contributed by atoms with Crippen LogP contribution in [0.15, 0.2) is 9.99 Å². The fraction of sp³-hybridized carbons (Fsp3) is 0.619. The van der Waals surface area contributed by atoms with E-state index in [2.05, 4.69) is 30.7 Å². The van der Waals surface area contributed by atoms with Crippen LogP contribution in [-0.2, 0) is 9.53 Å². The molecule has 0 amide bonds. The predicted octanol–water partition coefficient (Wildman–Crippen LogP) is 4.21. The topological polar surface area (TPSA) is 61.6 Å². The van der Waals surface area contributed by atoms with Crippen molar-refractivity contribution in [3.63, 3.8) is 0 Å². The largest absolute Gasteiger partial charge is 0.467 e. The lowest BCUT2D eigenvalue weighted by molar-refractivity contribution is -0.114. The molecule has 1 spiro atoms. The molecule has 0 saturated carbocycles. The standard InChI is InChI=1S/C21H27NO4S2/c1-13(11-16(23)7-6-8-24-4)17-12-21(27-9-10-28-21)14(2)18(17)19-22-15(3)20(25-5)26-19/h13,17H,8-12H2,1-5H3/t13-,17+/m0/s1. The molecule has 1 aliphatic carbocycles. The van der Waals surface area contributed by atoms with E-state index < -0.39 is 0 Å². The summed E-state index contributed by atoms with van der Waals surface area (Å²) in [4.78, 5) is 17.0. The minimum absolute atomic E-state index is 0.0459. The molecule has 0 N–H and O–H groups in total. The van der Waals surface area contributed by atoms with Crippen molar-refractivity contribution in [1.82, 2.24) is 4.98 Å². The molecule has 0 unspecified atom stereocenters. The lowest BCUT2D eigenvalue weighted by Crippen LogP contribution is -2.20. The molecule has 2 atom stereocenters. The summed E-state index contributed by atoms with van der Waals surface area (Å²) in [6.45, 7) is 6.49. The van der Waals surface area contributed by atoms with E-state index in [4.69, 9.17) is 13.9 Å². The predicted molar refractivity (Wildman–Crippen MR) is 115 cm³/mol. The van der Waals surface area contributed by atoms with Gasteiger partial charge in [-0.15, -0.1) is 23.5 Å². The molecule has 0 aromatic carbocycles. The Morgan fingerprint density at radius 2 is 2.07 bits per heavy atom. The van der Waals surface area contributed by atoms with Gasteiger partial charge in [0.25, 0.3) is 0 Å². The van der Waals surface area contributed by atoms with Crippen molar-refractivity contribution in [3.8, 4) is 17.8 Å². The van der Waals surface area contributed by atoms with Gasteiger partial charge >= 0.3 is 5.95 Å². The number of methoxy groups -OCH3 is 2. The molecule has 2 heterocycles. The van der Waals surface area contributed by atoms with Crippen molar-refractivity contribution in [2.24, 2.45) is 11.8 Å². The van der Waals surface area contributed by atoms with E-state index in [9.17, 15) is 4.79 Å². The summed E-state index contributed by atoms with van der Waals surface area (Å²) in [6.07, 6.45) is 1.41. The summed E-state index contributed by atoms with van der Waals surface area (Å²) in [5.74, 6) is 9.13. The molecule has 1 saturated heterocycles. The van der Waals surface area contributed by atoms with Crippen LogP contribution in [0.1, 0.15) is 38.3 Å². The van der Waals surface area contributed by atoms with E-state index in [-0.39, 0.29) is 28.3 Å². The first kappa shape index (κ1) is 21.4. The van der Waals surface area contributed by atoms with Crippen LogP contribution >= 0.6 is 23.5 Å². The quantitative estimate of drug-likeness (QED) is 0.504. The minimum Gasteiger partial charge on any atom is -0.467 e. The van der Waals surface area contributed by atoms with E-state index in [1.165, 1.54) is 5.57 Å². The first-order valence-electron chi connectivity index (χ1n) is 9.43. The second-order valence-electron chi connectivity index (χ2n) is 7.23. The van der Waals surface area contributed by atoms with Gasteiger partial charge in [-0.25, -0.2) is 4.98 Å². The Hall–Kier alpha value is -1.36. The number of aromatic nitrogens is 1. The highest BCUT2D eigenvalue weighted by Crippen LogP contribution is 2.62. The number of carbonyl (C=O) groups is 1. The Kier molecular flexibility index (Phi) is 6.85. The Balaban J connectivity index is 1.90. The van der Waals surface area contributed by atoms with Crippen molar-refractivity contribution >= 4 is 34.9 Å². The third-order valence-electron chi connectivity index (χ3n) is 5.40. The number of thioether (sulfide) groups is 2. The number of allylic oxidation sites excluding steroid dienone is 1. The smallest absolute Gasteiger partial charge is 0.308 e. The second-order valence-corrected chi connectivity index (χ2v) is 10.3. The summed E-state index contributed by atoms with van der Waals surface area (Å²) in [5, 5.41) is 0. The average Bonchev–Trinajstić information content (AvgIpc) is 3.35. The number of hydrogen-bond acceptors (Lipinski definition) is 7. The number of aryl methyl sites for hydroxylation is 1. The van der Waals surface area contributed by atoms with Crippen molar-refractivity contribution in [1.29, 1.82) is 0 Å². The van der Waals surface area contributed by atoms with Gasteiger partial charge in [0.1, 0.15) is 12.3 Å². The molecular formula is C21H27NO4S2. The summed E-state index contributed by atoms with van der Waals surface area (Å²) in [7, 11) is 3.16. The minimum atomic E-state index is -0.0459. The maximum atomic E-state index is 12.3. The highest BCUT2D eigenvalue weighted by atomic mass is 32.2. The maximum absolute atomic E-state index is 12.3. The summed E-state index contributed by atoms with van der Waals surface area (Å²) < 4.78 is 16.2. The molecule has 152 valence electrons. The molecule has 7 heteroatoms. The van der Waals surface area contributed by atoms with Crippen LogP contribution in [0.2, 0.25) is 0 Å². The number of ketones is 1. The summed E-state index contributed by atoms with van der Waals surface area (Å²) in [5.41, 5.74) is 3.20. The van der Waals surface area contributed by atoms with E-state index in [0.717, 1.165) is 29.2 Å². The summed E-state index contributed by atoms with van der Waals surface area (Å²) >= 11 is 4.01. The van der Waals surface area contributed by atoms with Crippen molar-refractivity contribution in [3.05, 3.63) is 17.2 Å². The molecule has 5 nitrogen and oxygen atoms in total.